The summed E-state index contributed by atoms with van der Waals surface area (Å²) in [5, 5.41) is 24.9. The summed E-state index contributed by atoms with van der Waals surface area (Å²) in [6, 6.07) is 8.30. The Balaban J connectivity index is 1.59. The van der Waals surface area contributed by atoms with E-state index >= 15 is 0 Å². The molecule has 0 saturated heterocycles. The third-order valence-corrected chi connectivity index (χ3v) is 4.78. The monoisotopic (exact) mass is 425 g/mol. The van der Waals surface area contributed by atoms with E-state index in [-0.39, 0.29) is 24.0 Å². The highest BCUT2D eigenvalue weighted by atomic mass is 16.6. The zero-order chi connectivity index (χ0) is 22.7. The van der Waals surface area contributed by atoms with Gasteiger partial charge in [-0.2, -0.15) is 10.2 Å². The van der Waals surface area contributed by atoms with Crippen molar-refractivity contribution in [2.24, 2.45) is 13.0 Å². The number of benzene rings is 1. The summed E-state index contributed by atoms with van der Waals surface area (Å²) in [7, 11) is 1.73. The van der Waals surface area contributed by atoms with E-state index in [1.807, 2.05) is 0 Å². The van der Waals surface area contributed by atoms with Gasteiger partial charge in [0.05, 0.1) is 17.4 Å². The number of nitrogens with zero attached hydrogens (tertiary/aromatic N) is 5. The van der Waals surface area contributed by atoms with E-state index in [4.69, 9.17) is 0 Å². The number of hydrogen-bond donors (Lipinski definition) is 2. The number of carbonyl (C=O) groups is 2. The topological polar surface area (TPSA) is 137 Å². The molecule has 2 aromatic heterocycles. The maximum atomic E-state index is 12.5. The molecule has 0 aliphatic carbocycles. The van der Waals surface area contributed by atoms with Crippen molar-refractivity contribution in [1.29, 1.82) is 0 Å². The van der Waals surface area contributed by atoms with Gasteiger partial charge in [-0.25, -0.2) is 0 Å². The molecular formula is C20H23N7O4. The predicted molar refractivity (Wildman–Crippen MR) is 114 cm³/mol. The van der Waals surface area contributed by atoms with Crippen LogP contribution < -0.4 is 10.6 Å². The van der Waals surface area contributed by atoms with Crippen LogP contribution in [0.5, 0.6) is 0 Å². The number of amides is 2. The molecule has 2 amide bonds. The van der Waals surface area contributed by atoms with Crippen LogP contribution in [-0.4, -0.2) is 36.3 Å². The van der Waals surface area contributed by atoms with Crippen LogP contribution in [0.3, 0.4) is 0 Å². The number of rotatable bonds is 7. The van der Waals surface area contributed by atoms with Gasteiger partial charge in [0, 0.05) is 24.6 Å². The molecule has 2 N–H and O–H groups in total. The molecule has 0 fully saturated rings. The maximum Gasteiger partial charge on any atom is 0.312 e. The first kappa shape index (κ1) is 21.7. The summed E-state index contributed by atoms with van der Waals surface area (Å²) < 4.78 is 3.02. The van der Waals surface area contributed by atoms with E-state index in [2.05, 4.69) is 20.8 Å². The van der Waals surface area contributed by atoms with Gasteiger partial charge in [0.15, 0.2) is 5.69 Å². The highest BCUT2D eigenvalue weighted by Crippen LogP contribution is 2.23. The van der Waals surface area contributed by atoms with Crippen LogP contribution in [0.15, 0.2) is 36.5 Å². The van der Waals surface area contributed by atoms with Crippen molar-refractivity contribution in [3.05, 3.63) is 63.7 Å². The fourth-order valence-corrected chi connectivity index (χ4v) is 3.11. The van der Waals surface area contributed by atoms with E-state index in [1.165, 1.54) is 4.68 Å². The largest absolute Gasteiger partial charge is 0.326 e. The molecule has 0 radical (unpaired) electrons. The minimum atomic E-state index is -0.471. The first-order valence-electron chi connectivity index (χ1n) is 9.56. The van der Waals surface area contributed by atoms with Crippen molar-refractivity contribution in [2.75, 3.05) is 10.6 Å². The molecule has 0 aliphatic rings. The lowest BCUT2D eigenvalue weighted by Gasteiger charge is -2.13. The Morgan fingerprint density at radius 1 is 1.10 bits per heavy atom. The van der Waals surface area contributed by atoms with Gasteiger partial charge in [0.2, 0.25) is 5.91 Å². The number of anilines is 2. The molecule has 11 nitrogen and oxygen atoms in total. The van der Waals surface area contributed by atoms with Gasteiger partial charge in [0.25, 0.3) is 5.91 Å². The van der Waals surface area contributed by atoms with Gasteiger partial charge in [-0.15, -0.1) is 0 Å². The lowest BCUT2D eigenvalue weighted by molar-refractivity contribution is -0.386. The van der Waals surface area contributed by atoms with E-state index in [0.717, 1.165) is 0 Å². The zero-order valence-electron chi connectivity index (χ0n) is 17.6. The average Bonchev–Trinajstić information content (AvgIpc) is 3.26. The fourth-order valence-electron chi connectivity index (χ4n) is 3.11. The molecule has 3 aromatic rings. The van der Waals surface area contributed by atoms with Crippen molar-refractivity contribution >= 4 is 28.9 Å². The van der Waals surface area contributed by atoms with E-state index < -0.39 is 10.8 Å². The van der Waals surface area contributed by atoms with Crippen molar-refractivity contribution in [1.82, 2.24) is 19.6 Å². The molecule has 1 atom stereocenters. The molecule has 3 rings (SSSR count). The Kier molecular flexibility index (Phi) is 6.14. The molecule has 162 valence electrons. The molecule has 11 heteroatoms. The summed E-state index contributed by atoms with van der Waals surface area (Å²) in [4.78, 5) is 35.3. The fraction of sp³-hybridized carbons (Fsp3) is 0.300. The minimum absolute atomic E-state index is 0.0315. The van der Waals surface area contributed by atoms with Gasteiger partial charge in [-0.1, -0.05) is 6.92 Å². The summed E-state index contributed by atoms with van der Waals surface area (Å²) in [5.41, 5.74) is 2.13. The van der Waals surface area contributed by atoms with Crippen LogP contribution >= 0.6 is 0 Å². The highest BCUT2D eigenvalue weighted by Gasteiger charge is 2.24. The van der Waals surface area contributed by atoms with Gasteiger partial charge in [0.1, 0.15) is 11.4 Å². The van der Waals surface area contributed by atoms with Crippen LogP contribution in [0.2, 0.25) is 0 Å². The van der Waals surface area contributed by atoms with Gasteiger partial charge >= 0.3 is 5.69 Å². The van der Waals surface area contributed by atoms with Crippen molar-refractivity contribution in [2.45, 2.75) is 27.3 Å². The third-order valence-electron chi connectivity index (χ3n) is 4.78. The average molecular weight is 425 g/mol. The van der Waals surface area contributed by atoms with Crippen molar-refractivity contribution in [3.63, 3.8) is 0 Å². The Morgan fingerprint density at radius 3 is 2.23 bits per heavy atom. The first-order chi connectivity index (χ1) is 14.7. The van der Waals surface area contributed by atoms with Crippen LogP contribution in [0.25, 0.3) is 0 Å². The molecule has 0 bridgehead atoms. The second-order valence-electron chi connectivity index (χ2n) is 7.26. The smallest absolute Gasteiger partial charge is 0.312 e. The van der Waals surface area contributed by atoms with Crippen LogP contribution in [0.4, 0.5) is 17.1 Å². The van der Waals surface area contributed by atoms with E-state index in [9.17, 15) is 19.7 Å². The normalized spacial score (nSPS) is 11.7. The third kappa shape index (κ3) is 4.94. The van der Waals surface area contributed by atoms with Crippen molar-refractivity contribution < 1.29 is 14.5 Å². The molecule has 2 heterocycles. The minimum Gasteiger partial charge on any atom is -0.326 e. The van der Waals surface area contributed by atoms with Crippen LogP contribution in [0.1, 0.15) is 28.8 Å². The molecule has 0 aliphatic heterocycles. The quantitative estimate of drug-likeness (QED) is 0.441. The number of nitrogens with one attached hydrogen (secondary N) is 2. The Labute approximate surface area is 178 Å². The predicted octanol–water partition coefficient (Wildman–Crippen LogP) is 2.67. The van der Waals surface area contributed by atoms with Gasteiger partial charge < -0.3 is 10.6 Å². The number of carbonyl (C=O) groups excluding carboxylic acids is 2. The first-order valence-corrected chi connectivity index (χ1v) is 9.56. The lowest BCUT2D eigenvalue weighted by atomic mass is 10.1. The Bertz CT molecular complexity index is 1130. The second kappa shape index (κ2) is 8.78. The SMILES string of the molecule is Cc1nn(CC(C)C(=O)Nc2ccc(NC(=O)c3ccn(C)n3)cc2)c(C)c1[N+](=O)[O-]. The Hall–Kier alpha value is -4.02. The Morgan fingerprint density at radius 2 is 1.71 bits per heavy atom. The molecular weight excluding hydrogens is 402 g/mol. The van der Waals surface area contributed by atoms with Crippen LogP contribution in [-0.2, 0) is 18.4 Å². The second-order valence-corrected chi connectivity index (χ2v) is 7.26. The van der Waals surface area contributed by atoms with Gasteiger partial charge in [-0.3, -0.25) is 29.1 Å². The number of hydrogen-bond acceptors (Lipinski definition) is 6. The standard InChI is InChI=1S/C20H23N7O4/c1-12(11-26-14(3)18(27(30)31)13(2)23-26)19(28)21-15-5-7-16(8-6-15)22-20(29)17-9-10-25(4)24-17/h5-10,12H,11H2,1-4H3,(H,21,28)(H,22,29). The molecule has 1 aromatic carbocycles. The molecule has 0 saturated carbocycles. The number of nitro groups is 1. The van der Waals surface area contributed by atoms with Gasteiger partial charge in [-0.05, 0) is 44.2 Å². The highest BCUT2D eigenvalue weighted by molar-refractivity contribution is 6.03. The van der Waals surface area contributed by atoms with Crippen LogP contribution in [0, 0.1) is 29.9 Å². The molecule has 1 unspecified atom stereocenters. The summed E-state index contributed by atoms with van der Waals surface area (Å²) >= 11 is 0. The number of aromatic nitrogens is 4. The zero-order valence-corrected chi connectivity index (χ0v) is 17.6. The summed E-state index contributed by atoms with van der Waals surface area (Å²) in [6.07, 6.45) is 1.68. The van der Waals surface area contributed by atoms with E-state index in [0.29, 0.717) is 28.5 Å². The van der Waals surface area contributed by atoms with E-state index in [1.54, 1.807) is 69.0 Å². The summed E-state index contributed by atoms with van der Waals surface area (Å²) in [5.74, 6) is -1.05. The maximum absolute atomic E-state index is 12.5. The number of aryl methyl sites for hydroxylation is 2. The molecule has 0 spiro atoms. The lowest BCUT2D eigenvalue weighted by Crippen LogP contribution is -2.25. The van der Waals surface area contributed by atoms with Crippen molar-refractivity contribution in [3.8, 4) is 0 Å². The summed E-state index contributed by atoms with van der Waals surface area (Å²) in [6.45, 7) is 5.12. The molecule has 31 heavy (non-hydrogen) atoms.